The number of nitrogens with one attached hydrogen (secondary N) is 1. The van der Waals surface area contributed by atoms with E-state index in [2.05, 4.69) is 24.1 Å². The van der Waals surface area contributed by atoms with E-state index < -0.39 is 10.8 Å². The van der Waals surface area contributed by atoms with Crippen molar-refractivity contribution in [2.24, 2.45) is 0 Å². The van der Waals surface area contributed by atoms with Gasteiger partial charge in [0.05, 0.1) is 15.5 Å². The molecule has 0 saturated heterocycles. The van der Waals surface area contributed by atoms with E-state index in [4.69, 9.17) is 11.6 Å². The lowest BCUT2D eigenvalue weighted by Crippen LogP contribution is -2.22. The molecule has 0 aliphatic rings. The van der Waals surface area contributed by atoms with Gasteiger partial charge in [-0.15, -0.1) is 0 Å². The summed E-state index contributed by atoms with van der Waals surface area (Å²) in [7, 11) is 0. The molecule has 25 heavy (non-hydrogen) atoms. The minimum absolute atomic E-state index is 0.0462. The fourth-order valence-corrected chi connectivity index (χ4v) is 2.66. The first-order valence-corrected chi connectivity index (χ1v) is 8.39. The molecule has 7 heteroatoms. The Morgan fingerprint density at radius 2 is 1.80 bits per heavy atom. The summed E-state index contributed by atoms with van der Waals surface area (Å²) in [6.07, 6.45) is 0. The van der Waals surface area contributed by atoms with Crippen molar-refractivity contribution in [2.75, 3.05) is 18.4 Å². The van der Waals surface area contributed by atoms with Gasteiger partial charge in [-0.1, -0.05) is 37.6 Å². The number of amides is 1. The zero-order valence-corrected chi connectivity index (χ0v) is 14.9. The number of nitro groups is 1. The Bertz CT molecular complexity index is 759. The van der Waals surface area contributed by atoms with Crippen molar-refractivity contribution in [1.29, 1.82) is 0 Å². The van der Waals surface area contributed by atoms with Crippen LogP contribution in [0.15, 0.2) is 42.5 Å². The molecule has 0 aliphatic heterocycles. The average molecular weight is 362 g/mol. The highest BCUT2D eigenvalue weighted by molar-refractivity contribution is 6.34. The second-order valence-corrected chi connectivity index (χ2v) is 5.94. The Morgan fingerprint density at radius 3 is 2.32 bits per heavy atom. The molecule has 2 aromatic carbocycles. The number of non-ortho nitro benzene ring substituents is 1. The number of halogens is 1. The summed E-state index contributed by atoms with van der Waals surface area (Å²) in [5.41, 5.74) is 1.85. The van der Waals surface area contributed by atoms with E-state index in [9.17, 15) is 14.9 Å². The molecule has 1 N–H and O–H groups in total. The van der Waals surface area contributed by atoms with Crippen molar-refractivity contribution in [3.8, 4) is 0 Å². The molecule has 0 spiro atoms. The fourth-order valence-electron chi connectivity index (χ4n) is 2.40. The van der Waals surface area contributed by atoms with Crippen LogP contribution in [0.25, 0.3) is 0 Å². The summed E-state index contributed by atoms with van der Waals surface area (Å²) in [4.78, 5) is 24.8. The molecule has 0 aliphatic carbocycles. The number of hydrogen-bond donors (Lipinski definition) is 1. The van der Waals surface area contributed by atoms with E-state index in [0.29, 0.717) is 5.69 Å². The van der Waals surface area contributed by atoms with Crippen molar-refractivity contribution < 1.29 is 9.72 Å². The van der Waals surface area contributed by atoms with Crippen LogP contribution in [0.2, 0.25) is 5.02 Å². The van der Waals surface area contributed by atoms with Gasteiger partial charge in [-0.25, -0.2) is 0 Å². The molecule has 0 fully saturated rings. The summed E-state index contributed by atoms with van der Waals surface area (Å²) in [5.74, 6) is -0.406. The molecule has 0 saturated carbocycles. The van der Waals surface area contributed by atoms with Crippen molar-refractivity contribution in [3.63, 3.8) is 0 Å². The summed E-state index contributed by atoms with van der Waals surface area (Å²) < 4.78 is 0. The molecule has 2 aromatic rings. The van der Waals surface area contributed by atoms with Crippen LogP contribution in [0.4, 0.5) is 11.4 Å². The maximum Gasteiger partial charge on any atom is 0.270 e. The molecule has 2 rings (SSSR count). The lowest BCUT2D eigenvalue weighted by molar-refractivity contribution is -0.384. The normalized spacial score (nSPS) is 10.7. The SMILES string of the molecule is CCN(CC)Cc1ccc(NC(=O)c2ccc([N+](=O)[O-])cc2Cl)cc1. The summed E-state index contributed by atoms with van der Waals surface area (Å²) in [6, 6.07) is 11.4. The van der Waals surface area contributed by atoms with Crippen LogP contribution >= 0.6 is 11.6 Å². The van der Waals surface area contributed by atoms with Gasteiger partial charge >= 0.3 is 0 Å². The van der Waals surface area contributed by atoms with Gasteiger partial charge in [0.25, 0.3) is 11.6 Å². The lowest BCUT2D eigenvalue weighted by Gasteiger charge is -2.18. The Labute approximate surface area is 151 Å². The van der Waals surface area contributed by atoms with Crippen LogP contribution in [-0.2, 0) is 6.54 Å². The summed E-state index contributed by atoms with van der Waals surface area (Å²) in [6.45, 7) is 7.05. The summed E-state index contributed by atoms with van der Waals surface area (Å²) in [5, 5.41) is 13.5. The highest BCUT2D eigenvalue weighted by Gasteiger charge is 2.15. The average Bonchev–Trinajstić information content (AvgIpc) is 2.60. The van der Waals surface area contributed by atoms with Crippen LogP contribution in [0, 0.1) is 10.1 Å². The van der Waals surface area contributed by atoms with Gasteiger partial charge in [-0.2, -0.15) is 0 Å². The van der Waals surface area contributed by atoms with Crippen molar-refractivity contribution in [3.05, 3.63) is 68.7 Å². The van der Waals surface area contributed by atoms with E-state index in [1.807, 2.05) is 24.3 Å². The van der Waals surface area contributed by atoms with E-state index in [1.54, 1.807) is 0 Å². The van der Waals surface area contributed by atoms with E-state index in [1.165, 1.54) is 18.2 Å². The van der Waals surface area contributed by atoms with Gasteiger partial charge in [0.1, 0.15) is 0 Å². The number of rotatable bonds is 7. The number of anilines is 1. The first kappa shape index (κ1) is 18.9. The first-order chi connectivity index (χ1) is 11.9. The standard InChI is InChI=1S/C18H20ClN3O3/c1-3-21(4-2)12-13-5-7-14(8-6-13)20-18(23)16-10-9-15(22(24)25)11-17(16)19/h5-11H,3-4,12H2,1-2H3,(H,20,23). The molecule has 0 bridgehead atoms. The number of carbonyl (C=O) groups is 1. The van der Waals surface area contributed by atoms with Gasteiger partial charge in [0, 0.05) is 24.4 Å². The maximum absolute atomic E-state index is 12.3. The van der Waals surface area contributed by atoms with Gasteiger partial charge in [-0.3, -0.25) is 19.8 Å². The minimum atomic E-state index is -0.553. The molecule has 132 valence electrons. The zero-order valence-electron chi connectivity index (χ0n) is 14.2. The van der Waals surface area contributed by atoms with E-state index in [0.717, 1.165) is 25.2 Å². The highest BCUT2D eigenvalue weighted by atomic mass is 35.5. The van der Waals surface area contributed by atoms with E-state index in [-0.39, 0.29) is 16.3 Å². The second-order valence-electron chi connectivity index (χ2n) is 5.53. The number of benzene rings is 2. The van der Waals surface area contributed by atoms with Crippen LogP contribution in [-0.4, -0.2) is 28.8 Å². The molecule has 0 unspecified atom stereocenters. The van der Waals surface area contributed by atoms with Gasteiger partial charge in [0.2, 0.25) is 0 Å². The Kier molecular flexibility index (Phi) is 6.50. The molecular weight excluding hydrogens is 342 g/mol. The molecule has 0 radical (unpaired) electrons. The van der Waals surface area contributed by atoms with Crippen LogP contribution < -0.4 is 5.32 Å². The topological polar surface area (TPSA) is 75.5 Å². The molecule has 0 aromatic heterocycles. The number of carbonyl (C=O) groups excluding carboxylic acids is 1. The van der Waals surface area contributed by atoms with Crippen LogP contribution in [0.5, 0.6) is 0 Å². The second kappa shape index (κ2) is 8.60. The monoisotopic (exact) mass is 361 g/mol. The predicted octanol–water partition coefficient (Wildman–Crippen LogP) is 4.34. The summed E-state index contributed by atoms with van der Waals surface area (Å²) >= 11 is 5.98. The van der Waals surface area contributed by atoms with Crippen molar-refractivity contribution in [1.82, 2.24) is 4.90 Å². The molecule has 0 heterocycles. The molecule has 1 amide bonds. The first-order valence-electron chi connectivity index (χ1n) is 8.01. The third-order valence-electron chi connectivity index (χ3n) is 3.92. The van der Waals surface area contributed by atoms with Gasteiger partial charge in [-0.05, 0) is 36.9 Å². The third-order valence-corrected chi connectivity index (χ3v) is 4.23. The van der Waals surface area contributed by atoms with Crippen LogP contribution in [0.3, 0.4) is 0 Å². The Balaban J connectivity index is 2.07. The quantitative estimate of drug-likeness (QED) is 0.587. The number of hydrogen-bond acceptors (Lipinski definition) is 4. The van der Waals surface area contributed by atoms with Crippen molar-refractivity contribution in [2.45, 2.75) is 20.4 Å². The third kappa shape index (κ3) is 5.01. The largest absolute Gasteiger partial charge is 0.322 e. The highest BCUT2D eigenvalue weighted by Crippen LogP contribution is 2.23. The van der Waals surface area contributed by atoms with Crippen molar-refractivity contribution >= 4 is 28.9 Å². The fraction of sp³-hybridized carbons (Fsp3) is 0.278. The Hall–Kier alpha value is -2.44. The predicted molar refractivity (Wildman–Crippen MR) is 99.1 cm³/mol. The smallest absolute Gasteiger partial charge is 0.270 e. The van der Waals surface area contributed by atoms with Gasteiger partial charge < -0.3 is 5.32 Å². The molecule has 0 atom stereocenters. The maximum atomic E-state index is 12.3. The molecule has 6 nitrogen and oxygen atoms in total. The zero-order chi connectivity index (χ0) is 18.4. The van der Waals surface area contributed by atoms with Crippen LogP contribution in [0.1, 0.15) is 29.8 Å². The minimum Gasteiger partial charge on any atom is -0.322 e. The lowest BCUT2D eigenvalue weighted by atomic mass is 10.1. The van der Waals surface area contributed by atoms with E-state index >= 15 is 0 Å². The Morgan fingerprint density at radius 1 is 1.16 bits per heavy atom. The van der Waals surface area contributed by atoms with Gasteiger partial charge in [0.15, 0.2) is 0 Å². The number of nitrogens with zero attached hydrogens (tertiary/aromatic N) is 2. The number of nitro benzene ring substituents is 1. The molecular formula is C18H20ClN3O3.